The van der Waals surface area contributed by atoms with Crippen LogP contribution in [0.4, 0.5) is 0 Å². The Morgan fingerprint density at radius 1 is 0.967 bits per heavy atom. The Morgan fingerprint density at radius 2 is 1.63 bits per heavy atom. The Balaban J connectivity index is 1.65. The first-order chi connectivity index (χ1) is 14.4. The highest BCUT2D eigenvalue weighted by atomic mass is 16.2. The number of rotatable bonds is 6. The molecule has 8 nitrogen and oxygen atoms in total. The first-order valence-corrected chi connectivity index (χ1v) is 10.1. The minimum Gasteiger partial charge on any atom is -0.339 e. The normalized spacial score (nSPS) is 13.8. The van der Waals surface area contributed by atoms with E-state index < -0.39 is 0 Å². The molecule has 0 spiro atoms. The molecule has 0 saturated carbocycles. The van der Waals surface area contributed by atoms with E-state index in [2.05, 4.69) is 9.97 Å². The lowest BCUT2D eigenvalue weighted by molar-refractivity contribution is -0.138. The van der Waals surface area contributed by atoms with E-state index in [9.17, 15) is 14.4 Å². The second-order valence-corrected chi connectivity index (χ2v) is 7.39. The Morgan fingerprint density at radius 3 is 2.23 bits per heavy atom. The molecule has 0 atom stereocenters. The van der Waals surface area contributed by atoms with Crippen molar-refractivity contribution < 1.29 is 14.4 Å². The third kappa shape index (κ3) is 5.62. The fourth-order valence-corrected chi connectivity index (χ4v) is 3.38. The Hall–Kier alpha value is -3.29. The molecular weight excluding hydrogens is 382 g/mol. The highest BCUT2D eigenvalue weighted by Gasteiger charge is 2.24. The van der Waals surface area contributed by atoms with Gasteiger partial charge in [0.15, 0.2) is 0 Å². The van der Waals surface area contributed by atoms with Gasteiger partial charge in [-0.2, -0.15) is 0 Å². The molecule has 3 rings (SSSR count). The van der Waals surface area contributed by atoms with Crippen LogP contribution < -0.4 is 0 Å². The Bertz CT molecular complexity index is 877. The molecule has 2 aromatic rings. The molecule has 1 aliphatic heterocycles. The van der Waals surface area contributed by atoms with E-state index in [1.807, 2.05) is 37.3 Å². The minimum atomic E-state index is -0.249. The van der Waals surface area contributed by atoms with E-state index in [0.29, 0.717) is 32.7 Å². The van der Waals surface area contributed by atoms with Gasteiger partial charge in [0.1, 0.15) is 5.69 Å². The summed E-state index contributed by atoms with van der Waals surface area (Å²) < 4.78 is 0. The van der Waals surface area contributed by atoms with E-state index in [1.54, 1.807) is 27.8 Å². The summed E-state index contributed by atoms with van der Waals surface area (Å²) in [7, 11) is 0. The molecule has 0 aliphatic carbocycles. The molecule has 30 heavy (non-hydrogen) atoms. The van der Waals surface area contributed by atoms with Gasteiger partial charge in [0, 0.05) is 58.8 Å². The third-order valence-corrected chi connectivity index (χ3v) is 5.18. The second kappa shape index (κ2) is 9.96. The lowest BCUT2D eigenvalue weighted by atomic mass is 10.2. The third-order valence-electron chi connectivity index (χ3n) is 5.18. The SMILES string of the molecule is CC(=O)N1CCN(C(=O)CCN(Cc2ccccc2)C(=O)c2cnc(C)cn2)CC1. The van der Waals surface area contributed by atoms with Gasteiger partial charge >= 0.3 is 0 Å². The highest BCUT2D eigenvalue weighted by Crippen LogP contribution is 2.11. The van der Waals surface area contributed by atoms with E-state index in [-0.39, 0.29) is 36.4 Å². The summed E-state index contributed by atoms with van der Waals surface area (Å²) >= 11 is 0. The summed E-state index contributed by atoms with van der Waals surface area (Å²) in [6.07, 6.45) is 3.25. The fourth-order valence-electron chi connectivity index (χ4n) is 3.38. The monoisotopic (exact) mass is 409 g/mol. The van der Waals surface area contributed by atoms with Crippen LogP contribution in [-0.2, 0) is 16.1 Å². The molecule has 3 amide bonds. The van der Waals surface area contributed by atoms with Crippen molar-refractivity contribution in [1.29, 1.82) is 0 Å². The molecule has 2 heterocycles. The molecule has 1 fully saturated rings. The maximum absolute atomic E-state index is 13.0. The number of carbonyl (C=O) groups excluding carboxylic acids is 3. The van der Waals surface area contributed by atoms with Crippen molar-refractivity contribution in [2.75, 3.05) is 32.7 Å². The van der Waals surface area contributed by atoms with Gasteiger partial charge < -0.3 is 14.7 Å². The quantitative estimate of drug-likeness (QED) is 0.722. The van der Waals surface area contributed by atoms with Gasteiger partial charge in [0.05, 0.1) is 11.9 Å². The van der Waals surface area contributed by atoms with Gasteiger partial charge in [-0.15, -0.1) is 0 Å². The van der Waals surface area contributed by atoms with Crippen molar-refractivity contribution in [1.82, 2.24) is 24.7 Å². The zero-order valence-corrected chi connectivity index (χ0v) is 17.5. The van der Waals surface area contributed by atoms with Crippen molar-refractivity contribution in [2.24, 2.45) is 0 Å². The molecule has 0 radical (unpaired) electrons. The van der Waals surface area contributed by atoms with Crippen LogP contribution in [0.3, 0.4) is 0 Å². The van der Waals surface area contributed by atoms with E-state index >= 15 is 0 Å². The van der Waals surface area contributed by atoms with E-state index in [1.165, 1.54) is 6.20 Å². The smallest absolute Gasteiger partial charge is 0.274 e. The number of benzene rings is 1. The lowest BCUT2D eigenvalue weighted by Gasteiger charge is -2.34. The van der Waals surface area contributed by atoms with Crippen molar-refractivity contribution >= 4 is 17.7 Å². The van der Waals surface area contributed by atoms with Gasteiger partial charge in [-0.05, 0) is 12.5 Å². The Kier molecular flexibility index (Phi) is 7.11. The molecule has 158 valence electrons. The van der Waals surface area contributed by atoms with Gasteiger partial charge in [0.25, 0.3) is 5.91 Å². The number of piperazine rings is 1. The van der Waals surface area contributed by atoms with Crippen LogP contribution in [0.15, 0.2) is 42.7 Å². The number of hydrogen-bond donors (Lipinski definition) is 0. The molecule has 1 aliphatic rings. The first-order valence-electron chi connectivity index (χ1n) is 10.1. The number of hydrogen-bond acceptors (Lipinski definition) is 5. The zero-order valence-electron chi connectivity index (χ0n) is 17.5. The summed E-state index contributed by atoms with van der Waals surface area (Å²) in [5, 5.41) is 0. The highest BCUT2D eigenvalue weighted by molar-refractivity contribution is 5.92. The van der Waals surface area contributed by atoms with Gasteiger partial charge in [-0.3, -0.25) is 19.4 Å². The summed E-state index contributed by atoms with van der Waals surface area (Å²) in [6.45, 7) is 6.17. The predicted molar refractivity (Wildman–Crippen MR) is 111 cm³/mol. The number of aryl methyl sites for hydroxylation is 1. The molecular formula is C22H27N5O3. The maximum Gasteiger partial charge on any atom is 0.274 e. The minimum absolute atomic E-state index is 0.0148. The maximum atomic E-state index is 13.0. The molecule has 1 aromatic carbocycles. The molecule has 1 aromatic heterocycles. The topological polar surface area (TPSA) is 86.7 Å². The number of nitrogens with zero attached hydrogens (tertiary/aromatic N) is 5. The van der Waals surface area contributed by atoms with Crippen molar-refractivity contribution in [3.63, 3.8) is 0 Å². The number of aromatic nitrogens is 2. The van der Waals surface area contributed by atoms with Crippen molar-refractivity contribution in [3.8, 4) is 0 Å². The zero-order chi connectivity index (χ0) is 21.5. The molecule has 0 bridgehead atoms. The number of carbonyl (C=O) groups is 3. The molecule has 0 unspecified atom stereocenters. The van der Waals surface area contributed by atoms with Crippen LogP contribution in [0.25, 0.3) is 0 Å². The van der Waals surface area contributed by atoms with Crippen LogP contribution >= 0.6 is 0 Å². The summed E-state index contributed by atoms with van der Waals surface area (Å²) in [5.74, 6) is -0.236. The standard InChI is InChI=1S/C22H27N5O3/c1-17-14-24-20(15-23-17)22(30)27(16-19-6-4-3-5-7-19)9-8-21(29)26-12-10-25(11-13-26)18(2)28/h3-7,14-15H,8-13,16H2,1-2H3. The van der Waals surface area contributed by atoms with E-state index in [4.69, 9.17) is 0 Å². The average Bonchev–Trinajstić information content (AvgIpc) is 2.77. The second-order valence-electron chi connectivity index (χ2n) is 7.39. The van der Waals surface area contributed by atoms with Crippen LogP contribution in [0.5, 0.6) is 0 Å². The van der Waals surface area contributed by atoms with Gasteiger partial charge in [-0.1, -0.05) is 30.3 Å². The van der Waals surface area contributed by atoms with Crippen LogP contribution in [-0.4, -0.2) is 75.1 Å². The average molecular weight is 409 g/mol. The van der Waals surface area contributed by atoms with Gasteiger partial charge in [-0.25, -0.2) is 4.98 Å². The number of amides is 3. The lowest BCUT2D eigenvalue weighted by Crippen LogP contribution is -2.50. The van der Waals surface area contributed by atoms with Crippen molar-refractivity contribution in [2.45, 2.75) is 26.8 Å². The summed E-state index contributed by atoms with van der Waals surface area (Å²) in [6, 6.07) is 9.66. The van der Waals surface area contributed by atoms with E-state index in [0.717, 1.165) is 11.3 Å². The molecule has 8 heteroatoms. The van der Waals surface area contributed by atoms with Crippen molar-refractivity contribution in [3.05, 3.63) is 59.7 Å². The molecule has 0 N–H and O–H groups in total. The summed E-state index contributed by atoms with van der Waals surface area (Å²) in [5.41, 5.74) is 1.98. The largest absolute Gasteiger partial charge is 0.339 e. The first kappa shape index (κ1) is 21.4. The fraction of sp³-hybridized carbons (Fsp3) is 0.409. The molecule has 1 saturated heterocycles. The Labute approximate surface area is 176 Å². The van der Waals surface area contributed by atoms with Gasteiger partial charge in [0.2, 0.25) is 11.8 Å². The summed E-state index contributed by atoms with van der Waals surface area (Å²) in [4.78, 5) is 50.7. The predicted octanol–water partition coefficient (Wildman–Crippen LogP) is 1.51. The van der Waals surface area contributed by atoms with Crippen LogP contribution in [0.1, 0.15) is 35.1 Å². The van der Waals surface area contributed by atoms with Crippen LogP contribution in [0.2, 0.25) is 0 Å². The van der Waals surface area contributed by atoms with Crippen LogP contribution in [0, 0.1) is 6.92 Å².